The quantitative estimate of drug-likeness (QED) is 0.656. The number of ether oxygens (including phenoxy) is 2. The molecule has 0 aromatic rings. The average molecular weight is 203 g/mol. The van der Waals surface area contributed by atoms with Crippen LogP contribution in [0.3, 0.4) is 0 Å². The summed E-state index contributed by atoms with van der Waals surface area (Å²) in [6, 6.07) is 0. The third-order valence-corrected chi connectivity index (χ3v) is 1.83. The lowest BCUT2D eigenvalue weighted by atomic mass is 10.0. The van der Waals surface area contributed by atoms with Gasteiger partial charge in [0.1, 0.15) is 6.61 Å². The van der Waals surface area contributed by atoms with E-state index >= 15 is 0 Å². The number of carbonyl (C=O) groups excluding carboxylic acids is 1. The molecular formula is C10H21NO3. The molecule has 84 valence electrons. The minimum Gasteiger partial charge on any atom is -0.461 e. The van der Waals surface area contributed by atoms with Crippen molar-refractivity contribution in [2.45, 2.75) is 45.8 Å². The molecule has 0 aliphatic rings. The topological polar surface area (TPSA) is 61.5 Å². The monoisotopic (exact) mass is 203 g/mol. The fourth-order valence-corrected chi connectivity index (χ4v) is 0.766. The van der Waals surface area contributed by atoms with E-state index in [9.17, 15) is 4.79 Å². The summed E-state index contributed by atoms with van der Waals surface area (Å²) < 4.78 is 10.0. The van der Waals surface area contributed by atoms with E-state index in [2.05, 4.69) is 0 Å². The van der Waals surface area contributed by atoms with Gasteiger partial charge in [0, 0.05) is 5.54 Å². The molecule has 0 radical (unpaired) electrons. The van der Waals surface area contributed by atoms with E-state index in [1.54, 1.807) is 13.8 Å². The standard InChI is InChI=1S/C10H21NO3/c1-5-10(4,11)7-13-6-9(12)14-8(2)3/h8H,5-7,11H2,1-4H3. The minimum absolute atomic E-state index is 0.0228. The van der Waals surface area contributed by atoms with Gasteiger partial charge >= 0.3 is 5.97 Å². The largest absolute Gasteiger partial charge is 0.461 e. The predicted molar refractivity (Wildman–Crippen MR) is 54.9 cm³/mol. The van der Waals surface area contributed by atoms with Crippen molar-refractivity contribution in [3.8, 4) is 0 Å². The molecule has 4 heteroatoms. The van der Waals surface area contributed by atoms with Gasteiger partial charge in [0.15, 0.2) is 0 Å². The summed E-state index contributed by atoms with van der Waals surface area (Å²) in [7, 11) is 0. The normalized spacial score (nSPS) is 15.3. The molecule has 0 bridgehead atoms. The van der Waals surface area contributed by atoms with Crippen LogP contribution in [0.4, 0.5) is 0 Å². The van der Waals surface area contributed by atoms with Crippen LogP contribution in [0, 0.1) is 0 Å². The molecule has 0 amide bonds. The third-order valence-electron chi connectivity index (χ3n) is 1.83. The number of nitrogens with two attached hydrogens (primary N) is 1. The molecule has 0 aliphatic carbocycles. The van der Waals surface area contributed by atoms with Crippen LogP contribution in [-0.4, -0.2) is 30.8 Å². The van der Waals surface area contributed by atoms with Crippen molar-refractivity contribution >= 4 is 5.97 Å². The summed E-state index contributed by atoms with van der Waals surface area (Å²) in [4.78, 5) is 11.0. The lowest BCUT2D eigenvalue weighted by Crippen LogP contribution is -2.41. The van der Waals surface area contributed by atoms with Crippen molar-refractivity contribution in [3.05, 3.63) is 0 Å². The van der Waals surface area contributed by atoms with Crippen LogP contribution < -0.4 is 5.73 Å². The van der Waals surface area contributed by atoms with E-state index in [4.69, 9.17) is 15.2 Å². The molecule has 0 heterocycles. The zero-order valence-corrected chi connectivity index (χ0v) is 9.50. The van der Waals surface area contributed by atoms with Gasteiger partial charge in [0.05, 0.1) is 12.7 Å². The van der Waals surface area contributed by atoms with Crippen LogP contribution >= 0.6 is 0 Å². The fraction of sp³-hybridized carbons (Fsp3) is 0.900. The van der Waals surface area contributed by atoms with E-state index < -0.39 is 0 Å². The third kappa shape index (κ3) is 6.86. The summed E-state index contributed by atoms with van der Waals surface area (Å²) in [5.74, 6) is -0.341. The lowest BCUT2D eigenvalue weighted by molar-refractivity contribution is -0.153. The molecule has 0 rings (SSSR count). The molecule has 0 aromatic heterocycles. The van der Waals surface area contributed by atoms with Gasteiger partial charge in [-0.15, -0.1) is 0 Å². The van der Waals surface area contributed by atoms with Crippen LogP contribution in [0.25, 0.3) is 0 Å². The maximum absolute atomic E-state index is 11.0. The second kappa shape index (κ2) is 5.98. The Morgan fingerprint density at radius 1 is 1.50 bits per heavy atom. The van der Waals surface area contributed by atoms with Crippen LogP contribution in [0.2, 0.25) is 0 Å². The molecule has 14 heavy (non-hydrogen) atoms. The van der Waals surface area contributed by atoms with Gasteiger partial charge in [0.2, 0.25) is 0 Å². The molecule has 0 saturated heterocycles. The van der Waals surface area contributed by atoms with Gasteiger partial charge in [-0.1, -0.05) is 6.92 Å². The van der Waals surface area contributed by atoms with Crippen molar-refractivity contribution in [1.82, 2.24) is 0 Å². The number of esters is 1. The van der Waals surface area contributed by atoms with E-state index in [0.717, 1.165) is 6.42 Å². The molecule has 4 nitrogen and oxygen atoms in total. The van der Waals surface area contributed by atoms with Gasteiger partial charge < -0.3 is 15.2 Å². The summed E-state index contributed by atoms with van der Waals surface area (Å²) in [6.07, 6.45) is 0.716. The highest BCUT2D eigenvalue weighted by Crippen LogP contribution is 2.04. The molecule has 0 aromatic carbocycles. The Balaban J connectivity index is 3.59. The molecule has 2 N–H and O–H groups in total. The summed E-state index contributed by atoms with van der Waals surface area (Å²) in [5, 5.41) is 0. The molecule has 0 aliphatic heterocycles. The zero-order valence-electron chi connectivity index (χ0n) is 9.50. The predicted octanol–water partition coefficient (Wildman–Crippen LogP) is 1.08. The number of hydrogen-bond acceptors (Lipinski definition) is 4. The molecular weight excluding hydrogens is 182 g/mol. The van der Waals surface area contributed by atoms with E-state index in [-0.39, 0.29) is 24.2 Å². The first kappa shape index (κ1) is 13.4. The molecule has 1 unspecified atom stereocenters. The first-order valence-electron chi connectivity index (χ1n) is 4.93. The fourth-order valence-electron chi connectivity index (χ4n) is 0.766. The first-order valence-corrected chi connectivity index (χ1v) is 4.93. The highest BCUT2D eigenvalue weighted by atomic mass is 16.6. The number of carbonyl (C=O) groups is 1. The van der Waals surface area contributed by atoms with Crippen LogP contribution in [0.5, 0.6) is 0 Å². The van der Waals surface area contributed by atoms with Crippen LogP contribution in [0.15, 0.2) is 0 Å². The maximum Gasteiger partial charge on any atom is 0.332 e. The second-order valence-electron chi connectivity index (χ2n) is 4.04. The molecule has 0 spiro atoms. The second-order valence-corrected chi connectivity index (χ2v) is 4.04. The van der Waals surface area contributed by atoms with Gasteiger partial charge in [-0.3, -0.25) is 0 Å². The highest BCUT2D eigenvalue weighted by molar-refractivity contribution is 5.70. The van der Waals surface area contributed by atoms with Crippen molar-refractivity contribution in [2.75, 3.05) is 13.2 Å². The van der Waals surface area contributed by atoms with E-state index in [0.29, 0.717) is 6.61 Å². The first-order chi connectivity index (χ1) is 6.37. The van der Waals surface area contributed by atoms with Crippen molar-refractivity contribution in [3.63, 3.8) is 0 Å². The highest BCUT2D eigenvalue weighted by Gasteiger charge is 2.16. The van der Waals surface area contributed by atoms with Crippen molar-refractivity contribution in [1.29, 1.82) is 0 Å². The smallest absolute Gasteiger partial charge is 0.332 e. The van der Waals surface area contributed by atoms with Crippen molar-refractivity contribution in [2.24, 2.45) is 5.73 Å². The van der Waals surface area contributed by atoms with Crippen LogP contribution in [-0.2, 0) is 14.3 Å². The Hall–Kier alpha value is -0.610. The summed E-state index contributed by atoms with van der Waals surface area (Å²) >= 11 is 0. The molecule has 0 saturated carbocycles. The van der Waals surface area contributed by atoms with Gasteiger partial charge in [-0.25, -0.2) is 4.79 Å². The van der Waals surface area contributed by atoms with Gasteiger partial charge in [0.25, 0.3) is 0 Å². The maximum atomic E-state index is 11.0. The Kier molecular flexibility index (Phi) is 5.72. The molecule has 1 atom stereocenters. The number of rotatable bonds is 6. The van der Waals surface area contributed by atoms with E-state index in [1.807, 2.05) is 13.8 Å². The SMILES string of the molecule is CCC(C)(N)COCC(=O)OC(C)C. The van der Waals surface area contributed by atoms with Crippen molar-refractivity contribution < 1.29 is 14.3 Å². The zero-order chi connectivity index (χ0) is 11.2. The van der Waals surface area contributed by atoms with E-state index in [1.165, 1.54) is 0 Å². The Morgan fingerprint density at radius 2 is 2.07 bits per heavy atom. The summed E-state index contributed by atoms with van der Waals surface area (Å²) in [6.45, 7) is 7.83. The Morgan fingerprint density at radius 3 is 2.50 bits per heavy atom. The lowest BCUT2D eigenvalue weighted by Gasteiger charge is -2.22. The average Bonchev–Trinajstić information content (AvgIpc) is 2.02. The Bertz CT molecular complexity index is 178. The minimum atomic E-state index is -0.363. The van der Waals surface area contributed by atoms with Gasteiger partial charge in [-0.2, -0.15) is 0 Å². The number of hydrogen-bond donors (Lipinski definition) is 1. The Labute approximate surface area is 85.8 Å². The van der Waals surface area contributed by atoms with Gasteiger partial charge in [-0.05, 0) is 27.2 Å². The molecule has 0 fully saturated rings. The van der Waals surface area contributed by atoms with Crippen LogP contribution in [0.1, 0.15) is 34.1 Å². The summed E-state index contributed by atoms with van der Waals surface area (Å²) in [5.41, 5.74) is 5.46.